The van der Waals surface area contributed by atoms with Gasteiger partial charge in [0.05, 0.1) is 12.3 Å². The number of carbonyl (C=O) groups excluding carboxylic acids is 1. The van der Waals surface area contributed by atoms with E-state index in [-0.39, 0.29) is 12.3 Å². The fraction of sp³-hybridized carbons (Fsp3) is 0.556. The average Bonchev–Trinajstić information content (AvgIpc) is 2.60. The Bertz CT molecular complexity index is 388. The Labute approximate surface area is 85.7 Å². The maximum Gasteiger partial charge on any atom is 0.328 e. The van der Waals surface area contributed by atoms with E-state index in [9.17, 15) is 14.7 Å². The number of hydrogen-bond donors (Lipinski definition) is 2. The minimum absolute atomic E-state index is 0.0534. The van der Waals surface area contributed by atoms with Crippen molar-refractivity contribution >= 4 is 11.8 Å². The van der Waals surface area contributed by atoms with E-state index in [2.05, 4.69) is 0 Å². The second kappa shape index (κ2) is 2.73. The second-order valence-electron chi connectivity index (χ2n) is 3.78. The lowest BCUT2D eigenvalue weighted by atomic mass is 10.1. The highest BCUT2D eigenvalue weighted by Gasteiger charge is 2.58. The number of carboxylic acid groups (broad SMARTS) is 1. The highest BCUT2D eigenvalue weighted by atomic mass is 16.5. The van der Waals surface area contributed by atoms with E-state index in [1.807, 2.05) is 0 Å². The van der Waals surface area contributed by atoms with Crippen molar-refractivity contribution in [2.24, 2.45) is 0 Å². The van der Waals surface area contributed by atoms with Crippen LogP contribution in [0.4, 0.5) is 0 Å². The monoisotopic (exact) mass is 213 g/mol. The first-order valence-corrected chi connectivity index (χ1v) is 4.50. The molecule has 1 saturated heterocycles. The summed E-state index contributed by atoms with van der Waals surface area (Å²) < 4.78 is 5.19. The van der Waals surface area contributed by atoms with E-state index < -0.39 is 29.3 Å². The van der Waals surface area contributed by atoms with E-state index in [1.54, 1.807) is 0 Å². The summed E-state index contributed by atoms with van der Waals surface area (Å²) in [5, 5.41) is 18.4. The van der Waals surface area contributed by atoms with Crippen molar-refractivity contribution in [1.82, 2.24) is 4.90 Å². The highest BCUT2D eigenvalue weighted by molar-refractivity contribution is 6.03. The lowest BCUT2D eigenvalue weighted by molar-refractivity contribution is -0.145. The third-order valence-corrected chi connectivity index (χ3v) is 2.92. The number of carboxylic acids is 1. The first-order chi connectivity index (χ1) is 6.89. The fourth-order valence-electron chi connectivity index (χ4n) is 2.09. The molecule has 6 nitrogen and oxygen atoms in total. The molecule has 0 unspecified atom stereocenters. The first-order valence-electron chi connectivity index (χ1n) is 4.50. The zero-order valence-corrected chi connectivity index (χ0v) is 8.35. The van der Waals surface area contributed by atoms with Crippen molar-refractivity contribution in [2.75, 3.05) is 6.61 Å². The number of ether oxygens (including phenoxy) is 1. The van der Waals surface area contributed by atoms with Gasteiger partial charge in [0, 0.05) is 0 Å². The van der Waals surface area contributed by atoms with Crippen LogP contribution in [0.25, 0.3) is 0 Å². The van der Waals surface area contributed by atoms with Crippen LogP contribution in [-0.2, 0) is 14.3 Å². The number of rotatable bonds is 1. The van der Waals surface area contributed by atoms with Gasteiger partial charge in [0.1, 0.15) is 0 Å². The summed E-state index contributed by atoms with van der Waals surface area (Å²) in [6.07, 6.45) is 0. The van der Waals surface area contributed by atoms with Crippen molar-refractivity contribution in [1.29, 1.82) is 0 Å². The van der Waals surface area contributed by atoms with Crippen LogP contribution in [0, 0.1) is 0 Å². The van der Waals surface area contributed by atoms with Crippen LogP contribution in [0.5, 0.6) is 0 Å². The van der Waals surface area contributed by atoms with Crippen LogP contribution in [-0.4, -0.2) is 45.2 Å². The van der Waals surface area contributed by atoms with Gasteiger partial charge in [0.25, 0.3) is 5.78 Å². The molecule has 2 aliphatic heterocycles. The molecule has 0 aromatic heterocycles. The molecule has 2 aliphatic rings. The van der Waals surface area contributed by atoms with Gasteiger partial charge in [0.15, 0.2) is 11.8 Å². The van der Waals surface area contributed by atoms with Gasteiger partial charge in [-0.3, -0.25) is 4.79 Å². The molecule has 6 heteroatoms. The summed E-state index contributed by atoms with van der Waals surface area (Å²) in [5.41, 5.74) is -1.09. The number of carbonyl (C=O) groups is 2. The molecule has 1 fully saturated rings. The molecule has 2 N–H and O–H groups in total. The van der Waals surface area contributed by atoms with Gasteiger partial charge in [-0.15, -0.1) is 0 Å². The molecule has 0 saturated carbocycles. The van der Waals surface area contributed by atoms with Crippen LogP contribution in [0.2, 0.25) is 0 Å². The van der Waals surface area contributed by atoms with Crippen molar-refractivity contribution in [2.45, 2.75) is 25.6 Å². The normalized spacial score (nSPS) is 34.9. The quantitative estimate of drug-likeness (QED) is 0.630. The molecule has 2 rings (SSSR count). The summed E-state index contributed by atoms with van der Waals surface area (Å²) in [5.74, 6) is -2.06. The molecular formula is C9H11NO5. The van der Waals surface area contributed by atoms with Gasteiger partial charge < -0.3 is 19.8 Å². The van der Waals surface area contributed by atoms with E-state index in [1.165, 1.54) is 18.7 Å². The molecule has 15 heavy (non-hydrogen) atoms. The predicted octanol–water partition coefficient (Wildman–Crippen LogP) is -0.140. The van der Waals surface area contributed by atoms with Crippen LogP contribution < -0.4 is 0 Å². The summed E-state index contributed by atoms with van der Waals surface area (Å²) in [4.78, 5) is 23.8. The molecule has 0 radical (unpaired) electrons. The second-order valence-corrected chi connectivity index (χ2v) is 3.78. The van der Waals surface area contributed by atoms with Crippen LogP contribution >= 0.6 is 0 Å². The molecule has 0 aromatic carbocycles. The third kappa shape index (κ3) is 1.02. The van der Waals surface area contributed by atoms with Gasteiger partial charge in [0.2, 0.25) is 5.72 Å². The number of aliphatic carboxylic acids is 1. The van der Waals surface area contributed by atoms with E-state index >= 15 is 0 Å². The van der Waals surface area contributed by atoms with Gasteiger partial charge in [-0.2, -0.15) is 0 Å². The molecule has 0 bridgehead atoms. The minimum Gasteiger partial charge on any atom is -0.503 e. The SMILES string of the molecule is CC1=C(O)C(=O)[C@]2(C)OC[C@@H](C(=O)O)N12. The number of nitrogens with zero attached hydrogens (tertiary/aromatic N) is 1. The van der Waals surface area contributed by atoms with Crippen LogP contribution in [0.1, 0.15) is 13.8 Å². The van der Waals surface area contributed by atoms with Gasteiger partial charge in [-0.25, -0.2) is 4.79 Å². The number of hydrogen-bond acceptors (Lipinski definition) is 5. The number of fused-ring (bicyclic) bond motifs is 1. The largest absolute Gasteiger partial charge is 0.503 e. The Morgan fingerprint density at radius 2 is 2.27 bits per heavy atom. The predicted molar refractivity (Wildman–Crippen MR) is 48.0 cm³/mol. The Balaban J connectivity index is 2.47. The Kier molecular flexibility index (Phi) is 1.81. The summed E-state index contributed by atoms with van der Waals surface area (Å²) in [6.45, 7) is 2.91. The maximum atomic E-state index is 11.6. The van der Waals surface area contributed by atoms with Crippen molar-refractivity contribution in [3.05, 3.63) is 11.5 Å². The standard InChI is InChI=1S/C9H11NO5/c1-4-6(11)7(12)9(2)10(4)5(3-15-9)8(13)14/h5,11H,3H2,1-2H3,(H,13,14)/t5-,9-/m0/s1. The van der Waals surface area contributed by atoms with Gasteiger partial charge >= 0.3 is 5.97 Å². The Morgan fingerprint density at radius 3 is 2.80 bits per heavy atom. The molecule has 2 heterocycles. The Morgan fingerprint density at radius 1 is 1.67 bits per heavy atom. The summed E-state index contributed by atoms with van der Waals surface area (Å²) in [7, 11) is 0. The van der Waals surface area contributed by atoms with E-state index in [0.29, 0.717) is 0 Å². The zero-order chi connectivity index (χ0) is 11.4. The molecular weight excluding hydrogens is 202 g/mol. The van der Waals surface area contributed by atoms with E-state index in [0.717, 1.165) is 0 Å². The highest BCUT2D eigenvalue weighted by Crippen LogP contribution is 2.40. The lowest BCUT2D eigenvalue weighted by Crippen LogP contribution is -2.47. The van der Waals surface area contributed by atoms with Crippen LogP contribution in [0.15, 0.2) is 11.5 Å². The van der Waals surface area contributed by atoms with Gasteiger partial charge in [-0.1, -0.05) is 0 Å². The van der Waals surface area contributed by atoms with Crippen molar-refractivity contribution < 1.29 is 24.5 Å². The van der Waals surface area contributed by atoms with Crippen molar-refractivity contribution in [3.63, 3.8) is 0 Å². The molecule has 0 spiro atoms. The number of allylic oxidation sites excluding steroid dienone is 1. The molecule has 2 atom stereocenters. The number of ketones is 1. The van der Waals surface area contributed by atoms with Gasteiger partial charge in [-0.05, 0) is 13.8 Å². The molecule has 0 aromatic rings. The van der Waals surface area contributed by atoms with Crippen molar-refractivity contribution in [3.8, 4) is 0 Å². The summed E-state index contributed by atoms with van der Waals surface area (Å²) >= 11 is 0. The Hall–Kier alpha value is -1.56. The molecule has 0 amide bonds. The zero-order valence-electron chi connectivity index (χ0n) is 8.35. The fourth-order valence-corrected chi connectivity index (χ4v) is 2.09. The molecule has 0 aliphatic carbocycles. The smallest absolute Gasteiger partial charge is 0.328 e. The average molecular weight is 213 g/mol. The van der Waals surface area contributed by atoms with Crippen LogP contribution in [0.3, 0.4) is 0 Å². The molecule has 82 valence electrons. The first kappa shape index (κ1) is 9.97. The third-order valence-electron chi connectivity index (χ3n) is 2.92. The number of aliphatic hydroxyl groups is 1. The maximum absolute atomic E-state index is 11.6. The van der Waals surface area contributed by atoms with E-state index in [4.69, 9.17) is 9.84 Å². The minimum atomic E-state index is -1.35. The lowest BCUT2D eigenvalue weighted by Gasteiger charge is -2.29. The summed E-state index contributed by atoms with van der Waals surface area (Å²) in [6, 6.07) is -0.913. The topological polar surface area (TPSA) is 87.1 Å². The number of Topliss-reactive ketones (excluding diaryl/α,β-unsaturated/α-hetero) is 1. The number of aliphatic hydroxyl groups excluding tert-OH is 1.